The van der Waals surface area contributed by atoms with Gasteiger partial charge >= 0.3 is 0 Å². The molecule has 152 valence electrons. The van der Waals surface area contributed by atoms with Crippen molar-refractivity contribution < 1.29 is 13.1 Å². The maximum absolute atomic E-state index is 7.90. The molecule has 0 saturated heterocycles. The van der Waals surface area contributed by atoms with E-state index in [0.29, 0.717) is 5.56 Å². The zero-order valence-electron chi connectivity index (χ0n) is 21.2. The number of pyridine rings is 1. The van der Waals surface area contributed by atoms with E-state index >= 15 is 0 Å². The van der Waals surface area contributed by atoms with E-state index in [-0.39, 0.29) is 5.41 Å². The molecule has 0 radical (unpaired) electrons. The predicted molar refractivity (Wildman–Crippen MR) is 127 cm³/mol. The average Bonchev–Trinajstić information content (AvgIpc) is 3.26. The van der Waals surface area contributed by atoms with Gasteiger partial charge in [0.15, 0.2) is 6.20 Å². The lowest BCUT2D eigenvalue weighted by Gasteiger charge is -2.22. The molecule has 3 aromatic carbocycles. The van der Waals surface area contributed by atoms with Crippen LogP contribution < -0.4 is 4.57 Å². The minimum Gasteiger partial charge on any atom is -0.455 e. The highest BCUT2D eigenvalue weighted by Crippen LogP contribution is 2.53. The Balaban J connectivity index is 1.71. The van der Waals surface area contributed by atoms with E-state index in [1.165, 1.54) is 22.3 Å². The van der Waals surface area contributed by atoms with E-state index in [2.05, 4.69) is 62.4 Å². The van der Waals surface area contributed by atoms with Gasteiger partial charge in [0, 0.05) is 32.4 Å². The minimum absolute atomic E-state index is 0.154. The van der Waals surface area contributed by atoms with Crippen LogP contribution in [0.15, 0.2) is 71.3 Å². The van der Waals surface area contributed by atoms with Crippen molar-refractivity contribution in [3.8, 4) is 22.4 Å². The molecule has 0 bridgehead atoms. The summed E-state index contributed by atoms with van der Waals surface area (Å²) < 4.78 is 32.2. The number of aryl methyl sites for hydroxylation is 3. The molecule has 0 fully saturated rings. The summed E-state index contributed by atoms with van der Waals surface area (Å²) in [6.45, 7) is 4.44. The molecule has 1 aliphatic rings. The lowest BCUT2D eigenvalue weighted by atomic mass is 9.80. The van der Waals surface area contributed by atoms with Crippen LogP contribution in [-0.2, 0) is 12.5 Å². The highest BCUT2D eigenvalue weighted by atomic mass is 16.3. The van der Waals surface area contributed by atoms with Crippen molar-refractivity contribution in [2.24, 2.45) is 7.05 Å². The van der Waals surface area contributed by atoms with Crippen LogP contribution in [0, 0.1) is 13.8 Å². The van der Waals surface area contributed by atoms with Crippen molar-refractivity contribution in [1.82, 2.24) is 0 Å². The van der Waals surface area contributed by atoms with Crippen LogP contribution in [0.5, 0.6) is 0 Å². The third-order valence-electron chi connectivity index (χ3n) is 6.94. The second-order valence-electron chi connectivity index (χ2n) is 9.18. The lowest BCUT2D eigenvalue weighted by Crippen LogP contribution is -2.30. The smallest absolute Gasteiger partial charge is 0.216 e. The Bertz CT molecular complexity index is 1640. The molecular formula is C29H26NO+. The molecule has 2 heteroatoms. The van der Waals surface area contributed by atoms with E-state index < -0.39 is 6.85 Å². The second kappa shape index (κ2) is 6.07. The fourth-order valence-corrected chi connectivity index (χ4v) is 5.44. The highest BCUT2D eigenvalue weighted by molar-refractivity contribution is 6.14. The molecule has 0 atom stereocenters. The van der Waals surface area contributed by atoms with Crippen molar-refractivity contribution in [1.29, 1.82) is 0 Å². The number of furan rings is 1. The van der Waals surface area contributed by atoms with Gasteiger partial charge in [-0.05, 0) is 53.2 Å². The zero-order valence-corrected chi connectivity index (χ0v) is 18.2. The first-order valence-electron chi connectivity index (χ1n) is 12.2. The first-order valence-corrected chi connectivity index (χ1v) is 10.7. The van der Waals surface area contributed by atoms with Gasteiger partial charge in [0.1, 0.15) is 18.2 Å². The quantitative estimate of drug-likeness (QED) is 0.273. The Labute approximate surface area is 187 Å². The van der Waals surface area contributed by atoms with Crippen LogP contribution in [0.25, 0.3) is 44.3 Å². The maximum atomic E-state index is 7.90. The van der Waals surface area contributed by atoms with Crippen LogP contribution in [0.2, 0.25) is 0 Å². The summed E-state index contributed by atoms with van der Waals surface area (Å²) in [5.41, 5.74) is 9.80. The van der Waals surface area contributed by atoms with Crippen LogP contribution in [0.3, 0.4) is 0 Å². The van der Waals surface area contributed by atoms with E-state index in [1.807, 2.05) is 24.7 Å². The second-order valence-corrected chi connectivity index (χ2v) is 9.18. The molecule has 31 heavy (non-hydrogen) atoms. The van der Waals surface area contributed by atoms with E-state index in [9.17, 15) is 0 Å². The number of rotatable bonds is 1. The van der Waals surface area contributed by atoms with Crippen molar-refractivity contribution in [3.63, 3.8) is 0 Å². The molecule has 0 unspecified atom stereocenters. The number of aromatic nitrogens is 1. The Morgan fingerprint density at radius 3 is 2.65 bits per heavy atom. The van der Waals surface area contributed by atoms with Crippen molar-refractivity contribution in [3.05, 3.63) is 89.1 Å². The Kier molecular flexibility index (Phi) is 3.02. The van der Waals surface area contributed by atoms with Gasteiger partial charge in [-0.3, -0.25) is 0 Å². The van der Waals surface area contributed by atoms with Gasteiger partial charge in [-0.2, -0.15) is 0 Å². The molecular weight excluding hydrogens is 378 g/mol. The van der Waals surface area contributed by atoms with E-state index in [1.54, 1.807) is 12.1 Å². The molecule has 2 nitrogen and oxygen atoms in total. The summed E-state index contributed by atoms with van der Waals surface area (Å²) >= 11 is 0. The summed E-state index contributed by atoms with van der Waals surface area (Å²) in [5, 5.41) is 2.21. The zero-order chi connectivity index (χ0) is 24.0. The minimum atomic E-state index is -2.17. The Hall–Kier alpha value is -3.39. The molecule has 0 aliphatic heterocycles. The third-order valence-corrected chi connectivity index (χ3v) is 6.94. The molecule has 0 amide bonds. The van der Waals surface area contributed by atoms with Gasteiger partial charge in [0.25, 0.3) is 0 Å². The van der Waals surface area contributed by atoms with Gasteiger partial charge in [0.05, 0.1) is 5.56 Å². The Morgan fingerprint density at radius 1 is 0.968 bits per heavy atom. The van der Waals surface area contributed by atoms with E-state index in [4.69, 9.17) is 8.53 Å². The number of benzene rings is 3. The largest absolute Gasteiger partial charge is 0.455 e. The van der Waals surface area contributed by atoms with Crippen molar-refractivity contribution in [2.75, 3.05) is 0 Å². The monoisotopic (exact) mass is 407 g/mol. The first-order chi connectivity index (χ1) is 16.1. The normalized spacial score (nSPS) is 16.1. The van der Waals surface area contributed by atoms with Gasteiger partial charge in [-0.25, -0.2) is 4.57 Å². The van der Waals surface area contributed by atoms with Gasteiger partial charge in [-0.1, -0.05) is 56.3 Å². The van der Waals surface area contributed by atoms with Crippen LogP contribution in [0.1, 0.15) is 40.2 Å². The van der Waals surface area contributed by atoms with Crippen LogP contribution in [-0.4, -0.2) is 0 Å². The average molecular weight is 408 g/mol. The third kappa shape index (κ3) is 2.36. The van der Waals surface area contributed by atoms with E-state index in [0.717, 1.165) is 38.8 Å². The summed E-state index contributed by atoms with van der Waals surface area (Å²) in [7, 11) is 1.94. The lowest BCUT2D eigenvalue weighted by molar-refractivity contribution is -0.660. The molecule has 5 aromatic rings. The standard InChI is InChI=1S/C29H26NO/c1-17-14-15-30(5)23(16-17)25-18(2)10-11-21-26-24(31-28(21)25)13-12-20-19-8-6-7-9-22(19)29(3,4)27(20)26/h6-16H,1-5H3/q+1/i1D3. The molecule has 2 heterocycles. The summed E-state index contributed by atoms with van der Waals surface area (Å²) in [5.74, 6) is 0. The van der Waals surface area contributed by atoms with Gasteiger partial charge in [0.2, 0.25) is 5.69 Å². The summed E-state index contributed by atoms with van der Waals surface area (Å²) in [6, 6.07) is 20.6. The molecule has 0 N–H and O–H groups in total. The first kappa shape index (κ1) is 15.4. The number of fused-ring (bicyclic) bond motifs is 7. The molecule has 2 aromatic heterocycles. The topological polar surface area (TPSA) is 17.0 Å². The molecule has 1 aliphatic carbocycles. The van der Waals surface area contributed by atoms with Crippen LogP contribution in [0.4, 0.5) is 0 Å². The molecule has 0 saturated carbocycles. The number of hydrogen-bond donors (Lipinski definition) is 0. The molecule has 6 rings (SSSR count). The SMILES string of the molecule is [2H]C([2H])([2H])c1cc[n+](C)c(-c2c(C)ccc3c2oc2ccc4c(c23)C(C)(C)c2ccccc2-4)c1. The van der Waals surface area contributed by atoms with Crippen molar-refractivity contribution in [2.45, 2.75) is 33.0 Å². The summed E-state index contributed by atoms with van der Waals surface area (Å²) in [6.07, 6.45) is 1.81. The van der Waals surface area contributed by atoms with Crippen molar-refractivity contribution >= 4 is 21.9 Å². The Morgan fingerprint density at radius 2 is 1.81 bits per heavy atom. The fraction of sp³-hybridized carbons (Fsp3) is 0.207. The highest BCUT2D eigenvalue weighted by Gasteiger charge is 2.38. The molecule has 0 spiro atoms. The number of nitrogens with zero attached hydrogens (tertiary/aromatic N) is 1. The van der Waals surface area contributed by atoms with Crippen LogP contribution >= 0.6 is 0 Å². The maximum Gasteiger partial charge on any atom is 0.216 e. The number of hydrogen-bond acceptors (Lipinski definition) is 1. The van der Waals surface area contributed by atoms with Gasteiger partial charge in [-0.15, -0.1) is 0 Å². The predicted octanol–water partition coefficient (Wildman–Crippen LogP) is 7.00. The fourth-order valence-electron chi connectivity index (χ4n) is 5.44. The van der Waals surface area contributed by atoms with Gasteiger partial charge < -0.3 is 4.42 Å². The summed E-state index contributed by atoms with van der Waals surface area (Å²) in [4.78, 5) is 0.